The first kappa shape index (κ1) is 12.9. The van der Waals surface area contributed by atoms with Crippen molar-refractivity contribution >= 4 is 0 Å². The van der Waals surface area contributed by atoms with Gasteiger partial charge in [0.15, 0.2) is 0 Å². The van der Waals surface area contributed by atoms with Crippen LogP contribution in [0.2, 0.25) is 0 Å². The van der Waals surface area contributed by atoms with Gasteiger partial charge in [-0.15, -0.1) is 0 Å². The van der Waals surface area contributed by atoms with Crippen LogP contribution in [0.3, 0.4) is 0 Å². The Kier molecular flexibility index (Phi) is 5.53. The summed E-state index contributed by atoms with van der Waals surface area (Å²) in [7, 11) is 0. The number of rotatable bonds is 5. The largest absolute Gasteiger partial charge is 0.389 e. The summed E-state index contributed by atoms with van der Waals surface area (Å²) in [6.07, 6.45) is -0.231. The zero-order valence-corrected chi connectivity index (χ0v) is 9.42. The van der Waals surface area contributed by atoms with Crippen molar-refractivity contribution in [1.82, 2.24) is 5.32 Å². The summed E-state index contributed by atoms with van der Waals surface area (Å²) in [5, 5.41) is 12.7. The molecule has 0 aliphatic rings. The number of aliphatic hydroxyl groups excluding tert-OH is 1. The van der Waals surface area contributed by atoms with E-state index in [9.17, 15) is 5.11 Å². The van der Waals surface area contributed by atoms with Gasteiger partial charge in [-0.1, -0.05) is 0 Å². The molecule has 1 atom stereocenters. The lowest BCUT2D eigenvalue weighted by molar-refractivity contribution is 0.00438. The Labute approximate surface area is 81.5 Å². The van der Waals surface area contributed by atoms with Crippen molar-refractivity contribution in [2.24, 2.45) is 0 Å². The maximum absolute atomic E-state index is 9.47. The molecule has 80 valence electrons. The van der Waals surface area contributed by atoms with Gasteiger partial charge in [0.1, 0.15) is 0 Å². The Hall–Kier alpha value is -0.120. The maximum atomic E-state index is 9.47. The first-order valence-electron chi connectivity index (χ1n) is 4.86. The van der Waals surface area contributed by atoms with Crippen molar-refractivity contribution in [3.8, 4) is 0 Å². The lowest BCUT2D eigenvalue weighted by atomic mass is 10.1. The molecule has 0 aromatic carbocycles. The molecule has 2 N–H and O–H groups in total. The second-order valence-electron chi connectivity index (χ2n) is 4.67. The van der Waals surface area contributed by atoms with Gasteiger partial charge >= 0.3 is 0 Å². The van der Waals surface area contributed by atoms with E-state index < -0.39 is 6.10 Å². The molecule has 0 fully saturated rings. The third kappa shape index (κ3) is 9.80. The highest BCUT2D eigenvalue weighted by Crippen LogP contribution is 1.99. The fraction of sp³-hybridized carbons (Fsp3) is 1.00. The quantitative estimate of drug-likeness (QED) is 0.682. The van der Waals surface area contributed by atoms with Crippen molar-refractivity contribution in [1.29, 1.82) is 0 Å². The van der Waals surface area contributed by atoms with E-state index >= 15 is 0 Å². The van der Waals surface area contributed by atoms with Crippen molar-refractivity contribution in [2.75, 3.05) is 13.2 Å². The molecule has 0 aliphatic heterocycles. The van der Waals surface area contributed by atoms with E-state index in [1.165, 1.54) is 0 Å². The molecule has 0 saturated heterocycles. The Morgan fingerprint density at radius 1 is 1.31 bits per heavy atom. The highest BCUT2D eigenvalue weighted by Gasteiger charge is 2.12. The van der Waals surface area contributed by atoms with Crippen LogP contribution >= 0.6 is 0 Å². The molecule has 1 unspecified atom stereocenters. The third-order valence-corrected chi connectivity index (χ3v) is 1.49. The molecule has 3 nitrogen and oxygen atoms in total. The number of aliphatic hydroxyl groups is 1. The van der Waals surface area contributed by atoms with Crippen LogP contribution in [0.25, 0.3) is 0 Å². The summed E-state index contributed by atoms with van der Waals surface area (Å²) in [6, 6.07) is 0. The van der Waals surface area contributed by atoms with Gasteiger partial charge in [-0.25, -0.2) is 0 Å². The Balaban J connectivity index is 3.46. The monoisotopic (exact) mass is 189 g/mol. The molecule has 0 heterocycles. The summed E-state index contributed by atoms with van der Waals surface area (Å²) < 4.78 is 5.28. The average Bonchev–Trinajstić information content (AvgIpc) is 1.95. The van der Waals surface area contributed by atoms with Gasteiger partial charge in [-0.2, -0.15) is 0 Å². The van der Waals surface area contributed by atoms with Crippen molar-refractivity contribution < 1.29 is 9.84 Å². The first-order valence-corrected chi connectivity index (χ1v) is 4.86. The molecular formula is C10H23NO2. The van der Waals surface area contributed by atoms with Crippen LogP contribution in [0.4, 0.5) is 0 Å². The molecule has 0 aromatic heterocycles. The van der Waals surface area contributed by atoms with Crippen LogP contribution in [-0.4, -0.2) is 36.0 Å². The standard InChI is InChI=1S/C10H23NO2/c1-8(2)13-7-9(12)6-11-10(3,4)5/h8-9,11-12H,6-7H2,1-5H3. The molecule has 0 aromatic rings. The van der Waals surface area contributed by atoms with Crippen LogP contribution < -0.4 is 5.32 Å². The SMILES string of the molecule is CC(C)OCC(O)CNC(C)(C)C. The smallest absolute Gasteiger partial charge is 0.0897 e. The van der Waals surface area contributed by atoms with E-state index in [0.29, 0.717) is 13.2 Å². The van der Waals surface area contributed by atoms with Crippen LogP contribution in [0.1, 0.15) is 34.6 Å². The molecule has 0 radical (unpaired) electrons. The maximum Gasteiger partial charge on any atom is 0.0897 e. The summed E-state index contributed by atoms with van der Waals surface area (Å²) in [4.78, 5) is 0. The zero-order chi connectivity index (χ0) is 10.5. The van der Waals surface area contributed by atoms with E-state index in [4.69, 9.17) is 4.74 Å². The van der Waals surface area contributed by atoms with Gasteiger partial charge in [-0.05, 0) is 34.6 Å². The number of ether oxygens (including phenoxy) is 1. The van der Waals surface area contributed by atoms with E-state index in [1.807, 2.05) is 13.8 Å². The van der Waals surface area contributed by atoms with Gasteiger partial charge in [-0.3, -0.25) is 0 Å². The van der Waals surface area contributed by atoms with E-state index in [1.54, 1.807) is 0 Å². The van der Waals surface area contributed by atoms with E-state index in [-0.39, 0.29) is 11.6 Å². The summed E-state index contributed by atoms with van der Waals surface area (Å²) in [6.45, 7) is 11.1. The minimum absolute atomic E-state index is 0.0544. The van der Waals surface area contributed by atoms with Crippen LogP contribution in [0, 0.1) is 0 Å². The Morgan fingerprint density at radius 2 is 1.85 bits per heavy atom. The highest BCUT2D eigenvalue weighted by atomic mass is 16.5. The second kappa shape index (κ2) is 5.58. The molecule has 0 rings (SSSR count). The van der Waals surface area contributed by atoms with Crippen molar-refractivity contribution in [3.05, 3.63) is 0 Å². The van der Waals surface area contributed by atoms with Gasteiger partial charge in [0.25, 0.3) is 0 Å². The summed E-state index contributed by atoms with van der Waals surface area (Å²) in [5.41, 5.74) is 0.0544. The topological polar surface area (TPSA) is 41.5 Å². The van der Waals surface area contributed by atoms with Gasteiger partial charge < -0.3 is 15.2 Å². The number of hydrogen-bond donors (Lipinski definition) is 2. The molecule has 0 aliphatic carbocycles. The summed E-state index contributed by atoms with van der Waals surface area (Å²) >= 11 is 0. The molecular weight excluding hydrogens is 166 g/mol. The fourth-order valence-corrected chi connectivity index (χ4v) is 0.786. The molecule has 3 heteroatoms. The van der Waals surface area contributed by atoms with E-state index in [0.717, 1.165) is 0 Å². The first-order chi connectivity index (χ1) is 5.81. The molecule has 13 heavy (non-hydrogen) atoms. The van der Waals surface area contributed by atoms with E-state index in [2.05, 4.69) is 26.1 Å². The normalized spacial score (nSPS) is 15.0. The lowest BCUT2D eigenvalue weighted by Gasteiger charge is -2.23. The molecule has 0 spiro atoms. The van der Waals surface area contributed by atoms with Crippen molar-refractivity contribution in [2.45, 2.75) is 52.4 Å². The molecule has 0 bridgehead atoms. The minimum Gasteiger partial charge on any atom is -0.389 e. The zero-order valence-electron chi connectivity index (χ0n) is 9.42. The fourth-order valence-electron chi connectivity index (χ4n) is 0.786. The Bertz CT molecular complexity index is 129. The van der Waals surface area contributed by atoms with Crippen LogP contribution in [-0.2, 0) is 4.74 Å². The van der Waals surface area contributed by atoms with Crippen molar-refractivity contribution in [3.63, 3.8) is 0 Å². The Morgan fingerprint density at radius 3 is 2.23 bits per heavy atom. The molecule has 0 amide bonds. The third-order valence-electron chi connectivity index (χ3n) is 1.49. The minimum atomic E-state index is -0.415. The number of hydrogen-bond acceptors (Lipinski definition) is 3. The van der Waals surface area contributed by atoms with Crippen LogP contribution in [0.5, 0.6) is 0 Å². The number of β-amino-alcohol motifs (C(OH)–C–C–N with tert-alkyl or cyclic N) is 1. The predicted molar refractivity (Wildman–Crippen MR) is 54.9 cm³/mol. The summed E-state index contributed by atoms with van der Waals surface area (Å²) in [5.74, 6) is 0. The van der Waals surface area contributed by atoms with Gasteiger partial charge in [0.05, 0.1) is 18.8 Å². The van der Waals surface area contributed by atoms with Crippen LogP contribution in [0.15, 0.2) is 0 Å². The number of nitrogens with one attached hydrogen (secondary N) is 1. The highest BCUT2D eigenvalue weighted by molar-refractivity contribution is 4.72. The predicted octanol–water partition coefficient (Wildman–Crippen LogP) is 1.16. The lowest BCUT2D eigenvalue weighted by Crippen LogP contribution is -2.42. The van der Waals surface area contributed by atoms with Gasteiger partial charge in [0.2, 0.25) is 0 Å². The second-order valence-corrected chi connectivity index (χ2v) is 4.67. The average molecular weight is 189 g/mol. The molecule has 0 saturated carbocycles. The van der Waals surface area contributed by atoms with Gasteiger partial charge in [0, 0.05) is 12.1 Å².